The van der Waals surface area contributed by atoms with E-state index in [1.54, 1.807) is 7.11 Å². The molecule has 7 nitrogen and oxygen atoms in total. The number of guanidine groups is 1. The summed E-state index contributed by atoms with van der Waals surface area (Å²) in [6, 6.07) is 15.7. The van der Waals surface area contributed by atoms with Gasteiger partial charge in [0.05, 0.1) is 13.3 Å². The Morgan fingerprint density at radius 3 is 2.55 bits per heavy atom. The van der Waals surface area contributed by atoms with Crippen LogP contribution in [0.5, 0.6) is 17.2 Å². The Bertz CT molecular complexity index is 1050. The topological polar surface area (TPSA) is 63.9 Å². The van der Waals surface area contributed by atoms with E-state index < -0.39 is 0 Å². The largest absolute Gasteiger partial charge is 0.493 e. The molecule has 2 aromatic carbocycles. The average molecular weight is 561 g/mol. The molecule has 0 amide bonds. The van der Waals surface area contributed by atoms with Crippen molar-refractivity contribution >= 4 is 29.9 Å². The zero-order chi connectivity index (χ0) is 22.3. The lowest BCUT2D eigenvalue weighted by molar-refractivity contribution is 0.379. The minimum Gasteiger partial charge on any atom is -0.493 e. The molecule has 0 aliphatic carbocycles. The molecule has 0 bridgehead atoms. The van der Waals surface area contributed by atoms with Crippen LogP contribution in [-0.2, 0) is 20.0 Å². The molecule has 0 spiro atoms. The average Bonchev–Trinajstić information content (AvgIpc) is 3.45. The Balaban J connectivity index is 0.00000306. The summed E-state index contributed by atoms with van der Waals surface area (Å²) in [6.45, 7) is 2.75. The molecule has 1 unspecified atom stereocenters. The van der Waals surface area contributed by atoms with Crippen molar-refractivity contribution in [2.24, 2.45) is 18.0 Å². The normalized spacial score (nSPS) is 15.8. The predicted octanol–water partition coefficient (Wildman–Crippen LogP) is 4.48. The second-order valence-corrected chi connectivity index (χ2v) is 8.12. The van der Waals surface area contributed by atoms with Gasteiger partial charge in [0, 0.05) is 39.9 Å². The van der Waals surface area contributed by atoms with E-state index in [2.05, 4.69) is 38.6 Å². The fourth-order valence-corrected chi connectivity index (χ4v) is 4.12. The van der Waals surface area contributed by atoms with Crippen molar-refractivity contribution < 1.29 is 9.47 Å². The maximum absolute atomic E-state index is 5.96. The zero-order valence-electron chi connectivity index (χ0n) is 19.4. The van der Waals surface area contributed by atoms with Gasteiger partial charge in [-0.1, -0.05) is 24.3 Å². The number of aryl methyl sites for hydroxylation is 1. The Labute approximate surface area is 212 Å². The van der Waals surface area contributed by atoms with Gasteiger partial charge in [0.25, 0.3) is 0 Å². The standard InChI is InChI=1S/C25H31N5O2.HI/c1-26-25(30-13-12-20(18-30)14-21-16-28-29(2)17-21)27-15-19-8-10-22(11-9-19)32-24-7-5-4-6-23(24)31-3;/h4-11,16-17,20H,12-15,18H2,1-3H3,(H,26,27);1H. The molecular weight excluding hydrogens is 529 g/mol. The third-order valence-corrected chi connectivity index (χ3v) is 5.75. The molecule has 1 N–H and O–H groups in total. The molecule has 1 aliphatic heterocycles. The van der Waals surface area contributed by atoms with Crippen LogP contribution in [0.1, 0.15) is 17.5 Å². The van der Waals surface area contributed by atoms with Crippen LogP contribution >= 0.6 is 24.0 Å². The highest BCUT2D eigenvalue weighted by molar-refractivity contribution is 14.0. The molecule has 1 atom stereocenters. The van der Waals surface area contributed by atoms with E-state index in [1.807, 2.05) is 61.4 Å². The van der Waals surface area contributed by atoms with Crippen molar-refractivity contribution in [3.05, 3.63) is 72.1 Å². The molecule has 2 heterocycles. The van der Waals surface area contributed by atoms with E-state index >= 15 is 0 Å². The summed E-state index contributed by atoms with van der Waals surface area (Å²) in [4.78, 5) is 6.85. The Morgan fingerprint density at radius 1 is 1.12 bits per heavy atom. The van der Waals surface area contributed by atoms with Crippen molar-refractivity contribution in [2.45, 2.75) is 19.4 Å². The number of aliphatic imine (C=N–C) groups is 1. The number of likely N-dealkylation sites (tertiary alicyclic amines) is 1. The Kier molecular flexibility index (Phi) is 8.99. The first-order valence-corrected chi connectivity index (χ1v) is 11.0. The first-order chi connectivity index (χ1) is 15.6. The van der Waals surface area contributed by atoms with Gasteiger partial charge in [-0.15, -0.1) is 24.0 Å². The highest BCUT2D eigenvalue weighted by Crippen LogP contribution is 2.31. The van der Waals surface area contributed by atoms with Gasteiger partial charge in [-0.2, -0.15) is 5.10 Å². The second-order valence-electron chi connectivity index (χ2n) is 8.12. The van der Waals surface area contributed by atoms with E-state index in [-0.39, 0.29) is 24.0 Å². The summed E-state index contributed by atoms with van der Waals surface area (Å²) in [5.41, 5.74) is 2.47. The number of para-hydroxylation sites is 2. The number of ether oxygens (including phenoxy) is 2. The monoisotopic (exact) mass is 561 g/mol. The number of benzene rings is 2. The van der Waals surface area contributed by atoms with Crippen LogP contribution in [0.4, 0.5) is 0 Å². The smallest absolute Gasteiger partial charge is 0.193 e. The fourth-order valence-electron chi connectivity index (χ4n) is 4.12. The Hall–Kier alpha value is -2.75. The van der Waals surface area contributed by atoms with Crippen LogP contribution in [0.3, 0.4) is 0 Å². The second kappa shape index (κ2) is 11.9. The molecule has 33 heavy (non-hydrogen) atoms. The lowest BCUT2D eigenvalue weighted by atomic mass is 10.0. The quantitative estimate of drug-likeness (QED) is 0.262. The van der Waals surface area contributed by atoms with Crippen LogP contribution in [0.2, 0.25) is 0 Å². The number of nitrogens with one attached hydrogen (secondary N) is 1. The molecule has 1 aliphatic rings. The van der Waals surface area contributed by atoms with Crippen molar-refractivity contribution in [1.29, 1.82) is 0 Å². The van der Waals surface area contributed by atoms with E-state index in [0.717, 1.165) is 37.0 Å². The minimum absolute atomic E-state index is 0. The van der Waals surface area contributed by atoms with Crippen molar-refractivity contribution in [1.82, 2.24) is 20.0 Å². The van der Waals surface area contributed by atoms with Crippen LogP contribution in [-0.4, -0.2) is 47.9 Å². The summed E-state index contributed by atoms with van der Waals surface area (Å²) >= 11 is 0. The summed E-state index contributed by atoms with van der Waals surface area (Å²) in [6.07, 6.45) is 6.31. The maximum atomic E-state index is 5.96. The van der Waals surface area contributed by atoms with Gasteiger partial charge in [-0.05, 0) is 54.2 Å². The van der Waals surface area contributed by atoms with Crippen molar-refractivity contribution in [3.8, 4) is 17.2 Å². The van der Waals surface area contributed by atoms with Crippen molar-refractivity contribution in [2.75, 3.05) is 27.2 Å². The highest BCUT2D eigenvalue weighted by Gasteiger charge is 2.25. The Morgan fingerprint density at radius 2 is 1.88 bits per heavy atom. The number of hydrogen-bond donors (Lipinski definition) is 1. The van der Waals surface area contributed by atoms with Gasteiger partial charge in [0.15, 0.2) is 17.5 Å². The highest BCUT2D eigenvalue weighted by atomic mass is 127. The summed E-state index contributed by atoms with van der Waals surface area (Å²) in [5.74, 6) is 3.78. The molecule has 1 saturated heterocycles. The number of rotatable bonds is 7. The van der Waals surface area contributed by atoms with Gasteiger partial charge >= 0.3 is 0 Å². The number of methoxy groups -OCH3 is 1. The van der Waals surface area contributed by atoms with Crippen LogP contribution in [0.25, 0.3) is 0 Å². The lowest BCUT2D eigenvalue weighted by Gasteiger charge is -2.22. The van der Waals surface area contributed by atoms with Gasteiger partial charge in [-0.25, -0.2) is 0 Å². The van der Waals surface area contributed by atoms with E-state index in [4.69, 9.17) is 9.47 Å². The molecule has 1 aromatic heterocycles. The van der Waals surface area contributed by atoms with E-state index in [1.165, 1.54) is 17.5 Å². The molecule has 3 aromatic rings. The fraction of sp³-hybridized carbons (Fsp3) is 0.360. The van der Waals surface area contributed by atoms with Gasteiger partial charge in [0.2, 0.25) is 0 Å². The lowest BCUT2D eigenvalue weighted by Crippen LogP contribution is -2.39. The third-order valence-electron chi connectivity index (χ3n) is 5.75. The first-order valence-electron chi connectivity index (χ1n) is 11.0. The number of aromatic nitrogens is 2. The van der Waals surface area contributed by atoms with Gasteiger partial charge < -0.3 is 19.7 Å². The molecule has 0 saturated carbocycles. The molecule has 1 fully saturated rings. The third kappa shape index (κ3) is 6.63. The predicted molar refractivity (Wildman–Crippen MR) is 142 cm³/mol. The maximum Gasteiger partial charge on any atom is 0.193 e. The summed E-state index contributed by atoms with van der Waals surface area (Å²) in [7, 11) is 5.46. The van der Waals surface area contributed by atoms with Crippen LogP contribution < -0.4 is 14.8 Å². The minimum atomic E-state index is 0. The van der Waals surface area contributed by atoms with Crippen LogP contribution in [0.15, 0.2) is 65.9 Å². The van der Waals surface area contributed by atoms with Gasteiger partial charge in [0.1, 0.15) is 5.75 Å². The first kappa shape index (κ1) is 24.9. The number of halogens is 1. The number of nitrogens with zero attached hydrogens (tertiary/aromatic N) is 4. The SMILES string of the molecule is CN=C(NCc1ccc(Oc2ccccc2OC)cc1)N1CCC(Cc2cnn(C)c2)C1.I. The van der Waals surface area contributed by atoms with Crippen molar-refractivity contribution in [3.63, 3.8) is 0 Å². The summed E-state index contributed by atoms with van der Waals surface area (Å²) in [5, 5.41) is 7.78. The van der Waals surface area contributed by atoms with Crippen LogP contribution in [0, 0.1) is 5.92 Å². The van der Waals surface area contributed by atoms with E-state index in [9.17, 15) is 0 Å². The number of hydrogen-bond acceptors (Lipinski definition) is 4. The van der Waals surface area contributed by atoms with E-state index in [0.29, 0.717) is 18.2 Å². The molecule has 176 valence electrons. The summed E-state index contributed by atoms with van der Waals surface area (Å²) < 4.78 is 13.2. The molecular formula is C25H32IN5O2. The van der Waals surface area contributed by atoms with Gasteiger partial charge in [-0.3, -0.25) is 9.67 Å². The zero-order valence-corrected chi connectivity index (χ0v) is 21.7. The molecule has 4 rings (SSSR count). The molecule has 8 heteroatoms. The molecule has 0 radical (unpaired) electrons.